The van der Waals surface area contributed by atoms with Crippen LogP contribution in [-0.2, 0) is 15.6 Å². The van der Waals surface area contributed by atoms with Crippen LogP contribution in [0.5, 0.6) is 17.2 Å². The van der Waals surface area contributed by atoms with E-state index in [2.05, 4.69) is 5.32 Å². The molecule has 0 atom stereocenters. The quantitative estimate of drug-likeness (QED) is 0.335. The Labute approximate surface area is 207 Å². The molecule has 1 amide bonds. The average molecular weight is 498 g/mol. The Balaban J connectivity index is 1.46. The van der Waals surface area contributed by atoms with Crippen LogP contribution in [0.2, 0.25) is 0 Å². The van der Waals surface area contributed by atoms with Crippen LogP contribution in [0, 0.1) is 0 Å². The lowest BCUT2D eigenvalue weighted by molar-refractivity contribution is 0.0953. The van der Waals surface area contributed by atoms with Gasteiger partial charge in [0.2, 0.25) is 0 Å². The summed E-state index contributed by atoms with van der Waals surface area (Å²) < 4.78 is 41.7. The van der Waals surface area contributed by atoms with Gasteiger partial charge in [-0.3, -0.25) is 4.79 Å². The zero-order chi connectivity index (χ0) is 24.9. The molecule has 35 heavy (non-hydrogen) atoms. The number of hydrogen-bond donors (Lipinski definition) is 1. The van der Waals surface area contributed by atoms with Gasteiger partial charge in [0.25, 0.3) is 5.91 Å². The van der Waals surface area contributed by atoms with Gasteiger partial charge >= 0.3 is 0 Å². The number of benzene rings is 3. The van der Waals surface area contributed by atoms with E-state index in [-0.39, 0.29) is 24.0 Å². The molecule has 0 bridgehead atoms. The SMILES string of the molecule is CCOc1cc(C(=O)NCCCS(=O)(=O)Cc2ccccc2)ccc1OCCOc1ccccc1. The molecule has 0 spiro atoms. The molecule has 0 unspecified atom stereocenters. The van der Waals surface area contributed by atoms with Crippen molar-refractivity contribution in [2.75, 3.05) is 32.1 Å². The summed E-state index contributed by atoms with van der Waals surface area (Å²) in [6.45, 7) is 3.21. The van der Waals surface area contributed by atoms with Crippen molar-refractivity contribution in [3.63, 3.8) is 0 Å². The highest BCUT2D eigenvalue weighted by molar-refractivity contribution is 7.90. The number of carbonyl (C=O) groups excluding carboxylic acids is 1. The molecule has 186 valence electrons. The first kappa shape index (κ1) is 26.1. The smallest absolute Gasteiger partial charge is 0.251 e. The minimum absolute atomic E-state index is 0.00263. The summed E-state index contributed by atoms with van der Waals surface area (Å²) in [4.78, 5) is 12.6. The van der Waals surface area contributed by atoms with E-state index in [1.54, 1.807) is 30.3 Å². The van der Waals surface area contributed by atoms with E-state index >= 15 is 0 Å². The largest absolute Gasteiger partial charge is 0.490 e. The summed E-state index contributed by atoms with van der Waals surface area (Å²) in [5.74, 6) is 1.45. The topological polar surface area (TPSA) is 90.9 Å². The van der Waals surface area contributed by atoms with Crippen LogP contribution < -0.4 is 19.5 Å². The van der Waals surface area contributed by atoms with E-state index in [9.17, 15) is 13.2 Å². The molecule has 3 aromatic carbocycles. The Bertz CT molecular complexity index is 1170. The van der Waals surface area contributed by atoms with Gasteiger partial charge < -0.3 is 19.5 Å². The van der Waals surface area contributed by atoms with E-state index in [0.717, 1.165) is 11.3 Å². The van der Waals surface area contributed by atoms with Crippen molar-refractivity contribution in [3.8, 4) is 17.2 Å². The highest BCUT2D eigenvalue weighted by atomic mass is 32.2. The Morgan fingerprint density at radius 3 is 2.23 bits per heavy atom. The molecule has 3 rings (SSSR count). The normalized spacial score (nSPS) is 11.0. The third-order valence-electron chi connectivity index (χ3n) is 5.01. The van der Waals surface area contributed by atoms with Crippen molar-refractivity contribution >= 4 is 15.7 Å². The number of nitrogens with one attached hydrogen (secondary N) is 1. The van der Waals surface area contributed by atoms with Crippen molar-refractivity contribution in [1.29, 1.82) is 0 Å². The first-order valence-corrected chi connectivity index (χ1v) is 13.4. The van der Waals surface area contributed by atoms with Crippen molar-refractivity contribution < 1.29 is 27.4 Å². The molecule has 0 radical (unpaired) electrons. The second-order valence-electron chi connectivity index (χ2n) is 7.79. The van der Waals surface area contributed by atoms with Gasteiger partial charge in [-0.15, -0.1) is 0 Å². The first-order valence-electron chi connectivity index (χ1n) is 11.6. The fourth-order valence-electron chi connectivity index (χ4n) is 3.36. The van der Waals surface area contributed by atoms with Crippen LogP contribution in [0.15, 0.2) is 78.9 Å². The van der Waals surface area contributed by atoms with Gasteiger partial charge in [0, 0.05) is 12.1 Å². The number of rotatable bonds is 14. The Kier molecular flexibility index (Phi) is 9.98. The number of hydrogen-bond acceptors (Lipinski definition) is 6. The summed E-state index contributed by atoms with van der Waals surface area (Å²) >= 11 is 0. The second-order valence-corrected chi connectivity index (χ2v) is 9.98. The summed E-state index contributed by atoms with van der Waals surface area (Å²) in [7, 11) is -3.24. The van der Waals surface area contributed by atoms with Crippen LogP contribution in [0.1, 0.15) is 29.3 Å². The molecule has 1 N–H and O–H groups in total. The highest BCUT2D eigenvalue weighted by Gasteiger charge is 2.14. The van der Waals surface area contributed by atoms with Crippen LogP contribution in [-0.4, -0.2) is 46.4 Å². The molecule has 0 aliphatic rings. The van der Waals surface area contributed by atoms with Crippen LogP contribution >= 0.6 is 0 Å². The second kappa shape index (κ2) is 13.4. The molecule has 3 aromatic rings. The predicted octanol–water partition coefficient (Wildman–Crippen LogP) is 4.28. The molecule has 0 fully saturated rings. The van der Waals surface area contributed by atoms with Crippen molar-refractivity contribution in [1.82, 2.24) is 5.32 Å². The lowest BCUT2D eigenvalue weighted by Gasteiger charge is -2.14. The molecular formula is C27H31NO6S. The molecule has 0 aromatic heterocycles. The predicted molar refractivity (Wildman–Crippen MR) is 136 cm³/mol. The summed E-state index contributed by atoms with van der Waals surface area (Å²) in [6.07, 6.45) is 0.335. The molecule has 0 aliphatic carbocycles. The molecular weight excluding hydrogens is 466 g/mol. The zero-order valence-electron chi connectivity index (χ0n) is 19.8. The van der Waals surface area contributed by atoms with Gasteiger partial charge in [-0.2, -0.15) is 0 Å². The van der Waals surface area contributed by atoms with Crippen LogP contribution in [0.3, 0.4) is 0 Å². The van der Waals surface area contributed by atoms with Crippen molar-refractivity contribution in [3.05, 3.63) is 90.0 Å². The fraction of sp³-hybridized carbons (Fsp3) is 0.296. The minimum atomic E-state index is -3.24. The monoisotopic (exact) mass is 497 g/mol. The molecule has 0 aliphatic heterocycles. The van der Waals surface area contributed by atoms with Crippen LogP contribution in [0.25, 0.3) is 0 Å². The molecule has 8 heteroatoms. The fourth-order valence-corrected chi connectivity index (χ4v) is 4.79. The highest BCUT2D eigenvalue weighted by Crippen LogP contribution is 2.28. The first-order chi connectivity index (χ1) is 17.0. The Morgan fingerprint density at radius 2 is 1.51 bits per heavy atom. The van der Waals surface area contributed by atoms with E-state index in [1.165, 1.54) is 0 Å². The van der Waals surface area contributed by atoms with E-state index < -0.39 is 9.84 Å². The van der Waals surface area contributed by atoms with Crippen molar-refractivity contribution in [2.45, 2.75) is 19.1 Å². The number of amides is 1. The standard InChI is InChI=1S/C27H31NO6S/c1-2-32-26-20-23(14-15-25(26)34-18-17-33-24-12-7-4-8-13-24)27(29)28-16-9-19-35(30,31)21-22-10-5-3-6-11-22/h3-8,10-15,20H,2,9,16-19,21H2,1H3,(H,28,29). The zero-order valence-corrected chi connectivity index (χ0v) is 20.6. The summed E-state index contributed by atoms with van der Waals surface area (Å²) in [5, 5.41) is 2.77. The third kappa shape index (κ3) is 8.98. The molecule has 0 saturated carbocycles. The lowest BCUT2D eigenvalue weighted by Crippen LogP contribution is -2.26. The van der Waals surface area contributed by atoms with Gasteiger partial charge in [-0.25, -0.2) is 8.42 Å². The maximum atomic E-state index is 12.6. The molecule has 0 heterocycles. The van der Waals surface area contributed by atoms with E-state index in [0.29, 0.717) is 43.3 Å². The number of ether oxygens (including phenoxy) is 3. The summed E-state index contributed by atoms with van der Waals surface area (Å²) in [5.41, 5.74) is 1.17. The number of sulfone groups is 1. The minimum Gasteiger partial charge on any atom is -0.490 e. The van der Waals surface area contributed by atoms with E-state index in [1.807, 2.05) is 55.5 Å². The van der Waals surface area contributed by atoms with Gasteiger partial charge in [0.1, 0.15) is 19.0 Å². The Hall–Kier alpha value is -3.52. The van der Waals surface area contributed by atoms with Crippen LogP contribution in [0.4, 0.5) is 0 Å². The van der Waals surface area contributed by atoms with Gasteiger partial charge in [-0.1, -0.05) is 48.5 Å². The Morgan fingerprint density at radius 1 is 0.829 bits per heavy atom. The number of para-hydroxylation sites is 1. The molecule has 0 saturated heterocycles. The maximum Gasteiger partial charge on any atom is 0.251 e. The van der Waals surface area contributed by atoms with Gasteiger partial charge in [-0.05, 0) is 49.2 Å². The maximum absolute atomic E-state index is 12.6. The molecule has 7 nitrogen and oxygen atoms in total. The third-order valence-corrected chi connectivity index (χ3v) is 6.69. The van der Waals surface area contributed by atoms with E-state index in [4.69, 9.17) is 14.2 Å². The lowest BCUT2D eigenvalue weighted by atomic mass is 10.2. The summed E-state index contributed by atoms with van der Waals surface area (Å²) in [6, 6.07) is 23.5. The number of carbonyl (C=O) groups is 1. The van der Waals surface area contributed by atoms with Gasteiger partial charge in [0.15, 0.2) is 21.3 Å². The van der Waals surface area contributed by atoms with Crippen molar-refractivity contribution in [2.24, 2.45) is 0 Å². The van der Waals surface area contributed by atoms with Gasteiger partial charge in [0.05, 0.1) is 18.1 Å². The average Bonchev–Trinajstić information content (AvgIpc) is 2.86.